The molecular formula is C16H22FN3O3. The lowest BCUT2D eigenvalue weighted by Gasteiger charge is -2.37. The van der Waals surface area contributed by atoms with E-state index in [1.54, 1.807) is 13.1 Å². The fraction of sp³-hybridized carbons (Fsp3) is 0.500. The van der Waals surface area contributed by atoms with Crippen molar-refractivity contribution in [3.05, 3.63) is 30.1 Å². The van der Waals surface area contributed by atoms with Crippen molar-refractivity contribution in [3.63, 3.8) is 0 Å². The minimum atomic E-state index is -0.661. The summed E-state index contributed by atoms with van der Waals surface area (Å²) in [5.74, 6) is -0.972. The van der Waals surface area contributed by atoms with E-state index in [9.17, 15) is 14.0 Å². The second-order valence-electron chi connectivity index (χ2n) is 5.82. The van der Waals surface area contributed by atoms with Crippen molar-refractivity contribution in [2.24, 2.45) is 11.1 Å². The van der Waals surface area contributed by atoms with Crippen molar-refractivity contribution in [3.8, 4) is 0 Å². The van der Waals surface area contributed by atoms with Gasteiger partial charge in [0.05, 0.1) is 12.0 Å². The molecule has 126 valence electrons. The van der Waals surface area contributed by atoms with Gasteiger partial charge in [-0.2, -0.15) is 0 Å². The van der Waals surface area contributed by atoms with Crippen LogP contribution < -0.4 is 11.1 Å². The number of hydrogen-bond donors (Lipinski definition) is 2. The van der Waals surface area contributed by atoms with Gasteiger partial charge < -0.3 is 20.7 Å². The molecule has 0 atom stereocenters. The van der Waals surface area contributed by atoms with Crippen LogP contribution in [0.5, 0.6) is 0 Å². The number of hydrogen-bond acceptors (Lipinski definition) is 4. The number of halogens is 1. The van der Waals surface area contributed by atoms with Gasteiger partial charge >= 0.3 is 0 Å². The summed E-state index contributed by atoms with van der Waals surface area (Å²) in [6, 6.07) is 5.61. The third kappa shape index (κ3) is 4.27. The molecule has 1 aliphatic rings. The van der Waals surface area contributed by atoms with Crippen molar-refractivity contribution >= 4 is 17.5 Å². The second-order valence-corrected chi connectivity index (χ2v) is 5.82. The topological polar surface area (TPSA) is 84.7 Å². The molecule has 1 fully saturated rings. The molecule has 2 amide bonds. The molecule has 0 aromatic heterocycles. The number of nitrogens with zero attached hydrogens (tertiary/aromatic N) is 1. The van der Waals surface area contributed by atoms with Crippen LogP contribution in [0.3, 0.4) is 0 Å². The average molecular weight is 323 g/mol. The largest absolute Gasteiger partial charge is 0.381 e. The highest BCUT2D eigenvalue weighted by Crippen LogP contribution is 2.31. The Kier molecular flexibility index (Phi) is 5.68. The standard InChI is InChI=1S/C16H22FN3O3/c1-20(15(22)16(11-18)5-7-23-8-6-16)10-14(21)19-13-4-2-3-12(17)9-13/h2-4,9H,5-8,10-11,18H2,1H3,(H,19,21). The van der Waals surface area contributed by atoms with Crippen LogP contribution in [0.2, 0.25) is 0 Å². The van der Waals surface area contributed by atoms with E-state index < -0.39 is 11.2 Å². The van der Waals surface area contributed by atoms with Gasteiger partial charge in [0.2, 0.25) is 11.8 Å². The molecule has 1 aliphatic heterocycles. The number of nitrogens with two attached hydrogens (primary N) is 1. The van der Waals surface area contributed by atoms with Crippen LogP contribution in [0.15, 0.2) is 24.3 Å². The smallest absolute Gasteiger partial charge is 0.243 e. The second kappa shape index (κ2) is 7.52. The van der Waals surface area contributed by atoms with Crippen LogP contribution in [-0.4, -0.2) is 50.1 Å². The summed E-state index contributed by atoms with van der Waals surface area (Å²) in [5, 5.41) is 2.57. The van der Waals surface area contributed by atoms with Crippen molar-refractivity contribution in [2.45, 2.75) is 12.8 Å². The van der Waals surface area contributed by atoms with Gasteiger partial charge in [0, 0.05) is 32.5 Å². The zero-order chi connectivity index (χ0) is 16.9. The minimum absolute atomic E-state index is 0.113. The highest BCUT2D eigenvalue weighted by molar-refractivity contribution is 5.95. The monoisotopic (exact) mass is 323 g/mol. The summed E-state index contributed by atoms with van der Waals surface area (Å²) in [6.45, 7) is 1.10. The first kappa shape index (κ1) is 17.4. The van der Waals surface area contributed by atoms with Gasteiger partial charge in [0.25, 0.3) is 0 Å². The maximum Gasteiger partial charge on any atom is 0.243 e. The predicted octanol–water partition coefficient (Wildman–Crippen LogP) is 0.978. The molecule has 23 heavy (non-hydrogen) atoms. The molecular weight excluding hydrogens is 301 g/mol. The Labute approximate surface area is 134 Å². The molecule has 0 radical (unpaired) electrons. The van der Waals surface area contributed by atoms with Crippen LogP contribution >= 0.6 is 0 Å². The molecule has 0 unspecified atom stereocenters. The summed E-state index contributed by atoms with van der Waals surface area (Å²) in [4.78, 5) is 26.0. The number of amides is 2. The maximum absolute atomic E-state index is 13.1. The number of rotatable bonds is 5. The highest BCUT2D eigenvalue weighted by atomic mass is 19.1. The van der Waals surface area contributed by atoms with Crippen LogP contribution in [0.25, 0.3) is 0 Å². The molecule has 6 nitrogen and oxygen atoms in total. The fourth-order valence-electron chi connectivity index (χ4n) is 2.73. The molecule has 1 heterocycles. The van der Waals surface area contributed by atoms with Gasteiger partial charge in [-0.3, -0.25) is 9.59 Å². The van der Waals surface area contributed by atoms with Crippen LogP contribution in [0.4, 0.5) is 10.1 Å². The molecule has 3 N–H and O–H groups in total. The molecule has 7 heteroatoms. The summed E-state index contributed by atoms with van der Waals surface area (Å²) in [7, 11) is 1.57. The van der Waals surface area contributed by atoms with E-state index in [1.807, 2.05) is 0 Å². The Bertz CT molecular complexity index is 573. The van der Waals surface area contributed by atoms with Crippen molar-refractivity contribution < 1.29 is 18.7 Å². The lowest BCUT2D eigenvalue weighted by molar-refractivity contribution is -0.147. The van der Waals surface area contributed by atoms with E-state index in [4.69, 9.17) is 10.5 Å². The summed E-state index contributed by atoms with van der Waals surface area (Å²) in [6.07, 6.45) is 1.11. The van der Waals surface area contributed by atoms with Crippen molar-refractivity contribution in [2.75, 3.05) is 38.7 Å². The van der Waals surface area contributed by atoms with Gasteiger partial charge in [-0.1, -0.05) is 6.07 Å². The first-order valence-electron chi connectivity index (χ1n) is 7.56. The maximum atomic E-state index is 13.1. The van der Waals surface area contributed by atoms with Gasteiger partial charge in [-0.25, -0.2) is 4.39 Å². The number of benzene rings is 1. The summed E-state index contributed by atoms with van der Waals surface area (Å²) in [5.41, 5.74) is 5.50. The van der Waals surface area contributed by atoms with E-state index in [1.165, 1.54) is 23.1 Å². The SMILES string of the molecule is CN(CC(=O)Nc1cccc(F)c1)C(=O)C1(CN)CCOCC1. The number of carbonyl (C=O) groups excluding carboxylic acids is 2. The fourth-order valence-corrected chi connectivity index (χ4v) is 2.73. The lowest BCUT2D eigenvalue weighted by Crippen LogP contribution is -2.51. The first-order valence-corrected chi connectivity index (χ1v) is 7.56. The van der Waals surface area contributed by atoms with Crippen molar-refractivity contribution in [1.29, 1.82) is 0 Å². The van der Waals surface area contributed by atoms with E-state index in [-0.39, 0.29) is 24.9 Å². The Morgan fingerprint density at radius 1 is 1.39 bits per heavy atom. The quantitative estimate of drug-likeness (QED) is 0.846. The van der Waals surface area contributed by atoms with Gasteiger partial charge in [0.15, 0.2) is 0 Å². The first-order chi connectivity index (χ1) is 11.0. The van der Waals surface area contributed by atoms with Gasteiger partial charge in [-0.15, -0.1) is 0 Å². The number of carbonyl (C=O) groups is 2. The zero-order valence-corrected chi connectivity index (χ0v) is 13.2. The molecule has 1 aromatic rings. The number of anilines is 1. The Balaban J connectivity index is 1.95. The number of ether oxygens (including phenoxy) is 1. The highest BCUT2D eigenvalue weighted by Gasteiger charge is 2.40. The minimum Gasteiger partial charge on any atom is -0.381 e. The third-order valence-corrected chi connectivity index (χ3v) is 4.13. The summed E-state index contributed by atoms with van der Waals surface area (Å²) < 4.78 is 18.4. The van der Waals surface area contributed by atoms with E-state index in [2.05, 4.69) is 5.32 Å². The van der Waals surface area contributed by atoms with E-state index in [0.29, 0.717) is 31.7 Å². The number of nitrogens with one attached hydrogen (secondary N) is 1. The average Bonchev–Trinajstić information content (AvgIpc) is 2.54. The van der Waals surface area contributed by atoms with E-state index in [0.717, 1.165) is 0 Å². The molecule has 0 spiro atoms. The Hall–Kier alpha value is -1.99. The van der Waals surface area contributed by atoms with Crippen LogP contribution in [0, 0.1) is 11.2 Å². The number of likely N-dealkylation sites (N-methyl/N-ethyl adjacent to an activating group) is 1. The normalized spacial score (nSPS) is 16.7. The lowest BCUT2D eigenvalue weighted by atomic mass is 9.79. The third-order valence-electron chi connectivity index (χ3n) is 4.13. The van der Waals surface area contributed by atoms with Crippen molar-refractivity contribution in [1.82, 2.24) is 4.90 Å². The Morgan fingerprint density at radius 2 is 2.09 bits per heavy atom. The molecule has 0 aliphatic carbocycles. The molecule has 1 aromatic carbocycles. The molecule has 0 bridgehead atoms. The van der Waals surface area contributed by atoms with Crippen LogP contribution in [0.1, 0.15) is 12.8 Å². The molecule has 1 saturated heterocycles. The van der Waals surface area contributed by atoms with Gasteiger partial charge in [-0.05, 0) is 31.0 Å². The Morgan fingerprint density at radius 3 is 2.70 bits per heavy atom. The van der Waals surface area contributed by atoms with E-state index >= 15 is 0 Å². The molecule has 2 rings (SSSR count). The summed E-state index contributed by atoms with van der Waals surface area (Å²) >= 11 is 0. The van der Waals surface area contributed by atoms with Gasteiger partial charge in [0.1, 0.15) is 5.82 Å². The van der Waals surface area contributed by atoms with Crippen LogP contribution in [-0.2, 0) is 14.3 Å². The molecule has 0 saturated carbocycles. The predicted molar refractivity (Wildman–Crippen MR) is 84.2 cm³/mol. The zero-order valence-electron chi connectivity index (χ0n) is 13.2.